The topological polar surface area (TPSA) is 53.7 Å². The van der Waals surface area contributed by atoms with Crippen LogP contribution in [0.25, 0.3) is 11.0 Å². The highest BCUT2D eigenvalue weighted by Gasteiger charge is 2.28. The lowest BCUT2D eigenvalue weighted by Crippen LogP contribution is -2.44. The molecular formula is C15H17NO3. The Kier molecular flexibility index (Phi) is 3.25. The highest BCUT2D eigenvalue weighted by molar-refractivity contribution is 5.80. The normalized spacial score (nSPS) is 20.7. The molecule has 0 spiro atoms. The molecule has 1 saturated heterocycles. The van der Waals surface area contributed by atoms with Crippen molar-refractivity contribution in [3.05, 3.63) is 36.1 Å². The van der Waals surface area contributed by atoms with E-state index in [0.717, 1.165) is 42.3 Å². The van der Waals surface area contributed by atoms with E-state index in [1.54, 1.807) is 6.26 Å². The Bertz CT molecular complexity index is 590. The molecule has 0 saturated carbocycles. The molecule has 19 heavy (non-hydrogen) atoms. The van der Waals surface area contributed by atoms with Crippen molar-refractivity contribution >= 4 is 16.9 Å². The fourth-order valence-electron chi connectivity index (χ4n) is 2.86. The number of carboxylic acids is 1. The third-order valence-electron chi connectivity index (χ3n) is 3.83. The van der Waals surface area contributed by atoms with E-state index in [1.165, 1.54) is 0 Å². The van der Waals surface area contributed by atoms with Gasteiger partial charge in [-0.1, -0.05) is 24.6 Å². The standard InChI is InChI=1S/C15H17NO3/c17-15(18)13-6-1-2-8-16(13)10-12-5-3-4-11-7-9-19-14(11)12/h3-5,7,9,13H,1-2,6,8,10H2,(H,17,18). The first kappa shape index (κ1) is 12.2. The Balaban J connectivity index is 1.87. The van der Waals surface area contributed by atoms with E-state index in [2.05, 4.69) is 0 Å². The lowest BCUT2D eigenvalue weighted by atomic mass is 10.0. The molecule has 0 amide bonds. The maximum atomic E-state index is 11.3. The second-order valence-corrected chi connectivity index (χ2v) is 5.08. The highest BCUT2D eigenvalue weighted by atomic mass is 16.4. The number of aliphatic carboxylic acids is 1. The first-order valence-electron chi connectivity index (χ1n) is 6.67. The molecule has 4 heteroatoms. The maximum Gasteiger partial charge on any atom is 0.320 e. The molecule has 2 aromatic rings. The van der Waals surface area contributed by atoms with E-state index in [9.17, 15) is 9.90 Å². The second-order valence-electron chi connectivity index (χ2n) is 5.08. The number of benzene rings is 1. The predicted octanol–water partition coefficient (Wildman–Crippen LogP) is 2.87. The number of carbonyl (C=O) groups is 1. The van der Waals surface area contributed by atoms with Crippen LogP contribution in [0.15, 0.2) is 34.9 Å². The van der Waals surface area contributed by atoms with Gasteiger partial charge in [0.05, 0.1) is 6.26 Å². The minimum atomic E-state index is -0.716. The van der Waals surface area contributed by atoms with Crippen molar-refractivity contribution in [3.8, 4) is 0 Å². The summed E-state index contributed by atoms with van der Waals surface area (Å²) in [5, 5.41) is 10.4. The number of hydrogen-bond donors (Lipinski definition) is 1. The van der Waals surface area contributed by atoms with Crippen molar-refractivity contribution in [2.45, 2.75) is 31.8 Å². The van der Waals surface area contributed by atoms with Gasteiger partial charge >= 0.3 is 5.97 Å². The fourth-order valence-corrected chi connectivity index (χ4v) is 2.86. The van der Waals surface area contributed by atoms with Crippen LogP contribution in [0.1, 0.15) is 24.8 Å². The van der Waals surface area contributed by atoms with Crippen LogP contribution < -0.4 is 0 Å². The van der Waals surface area contributed by atoms with Crippen molar-refractivity contribution in [2.75, 3.05) is 6.54 Å². The van der Waals surface area contributed by atoms with Gasteiger partial charge in [0.15, 0.2) is 0 Å². The van der Waals surface area contributed by atoms with Gasteiger partial charge in [-0.05, 0) is 25.5 Å². The van der Waals surface area contributed by atoms with Crippen LogP contribution in [0.3, 0.4) is 0 Å². The highest BCUT2D eigenvalue weighted by Crippen LogP contribution is 2.25. The molecule has 1 aliphatic heterocycles. The Morgan fingerprint density at radius 3 is 3.11 bits per heavy atom. The number of carboxylic acid groups (broad SMARTS) is 1. The zero-order chi connectivity index (χ0) is 13.2. The van der Waals surface area contributed by atoms with Gasteiger partial charge < -0.3 is 9.52 Å². The number of hydrogen-bond acceptors (Lipinski definition) is 3. The van der Waals surface area contributed by atoms with Gasteiger partial charge in [0, 0.05) is 17.5 Å². The van der Waals surface area contributed by atoms with Crippen molar-refractivity contribution in [1.82, 2.24) is 4.90 Å². The number of rotatable bonds is 3. The van der Waals surface area contributed by atoms with Crippen LogP contribution in [0, 0.1) is 0 Å². The molecule has 1 N–H and O–H groups in total. The predicted molar refractivity (Wildman–Crippen MR) is 71.9 cm³/mol. The minimum Gasteiger partial charge on any atom is -0.480 e. The Hall–Kier alpha value is -1.81. The summed E-state index contributed by atoms with van der Waals surface area (Å²) >= 11 is 0. The van der Waals surface area contributed by atoms with Gasteiger partial charge in [-0.25, -0.2) is 0 Å². The van der Waals surface area contributed by atoms with E-state index in [-0.39, 0.29) is 6.04 Å². The van der Waals surface area contributed by atoms with E-state index >= 15 is 0 Å². The summed E-state index contributed by atoms with van der Waals surface area (Å²) in [5.74, 6) is -0.716. The zero-order valence-corrected chi connectivity index (χ0v) is 10.7. The molecule has 1 aliphatic rings. The van der Waals surface area contributed by atoms with E-state index in [0.29, 0.717) is 6.54 Å². The van der Waals surface area contributed by atoms with Crippen LogP contribution in [0.4, 0.5) is 0 Å². The maximum absolute atomic E-state index is 11.3. The monoisotopic (exact) mass is 259 g/mol. The van der Waals surface area contributed by atoms with Gasteiger partial charge in [-0.2, -0.15) is 0 Å². The molecule has 1 unspecified atom stereocenters. The summed E-state index contributed by atoms with van der Waals surface area (Å²) in [6.45, 7) is 1.48. The lowest BCUT2D eigenvalue weighted by Gasteiger charge is -2.32. The van der Waals surface area contributed by atoms with Crippen molar-refractivity contribution < 1.29 is 14.3 Å². The number of para-hydroxylation sites is 1. The average Bonchev–Trinajstić information content (AvgIpc) is 2.88. The number of nitrogens with zero attached hydrogens (tertiary/aromatic N) is 1. The molecule has 0 aliphatic carbocycles. The quantitative estimate of drug-likeness (QED) is 0.920. The first-order valence-corrected chi connectivity index (χ1v) is 6.67. The van der Waals surface area contributed by atoms with Crippen molar-refractivity contribution in [1.29, 1.82) is 0 Å². The fraction of sp³-hybridized carbons (Fsp3) is 0.400. The molecule has 0 radical (unpaired) electrons. The van der Waals surface area contributed by atoms with Gasteiger partial charge in [-0.3, -0.25) is 9.69 Å². The Morgan fingerprint density at radius 1 is 1.37 bits per heavy atom. The summed E-state index contributed by atoms with van der Waals surface area (Å²) < 4.78 is 5.51. The molecule has 2 heterocycles. The summed E-state index contributed by atoms with van der Waals surface area (Å²) in [7, 11) is 0. The van der Waals surface area contributed by atoms with Crippen LogP contribution in [-0.2, 0) is 11.3 Å². The molecule has 3 rings (SSSR count). The third kappa shape index (κ3) is 2.36. The molecule has 100 valence electrons. The minimum absolute atomic E-state index is 0.362. The Morgan fingerprint density at radius 2 is 2.26 bits per heavy atom. The SMILES string of the molecule is O=C(O)C1CCCCN1Cc1cccc2ccoc12. The molecule has 1 aromatic carbocycles. The summed E-state index contributed by atoms with van der Waals surface area (Å²) in [4.78, 5) is 13.3. The molecular weight excluding hydrogens is 242 g/mol. The second kappa shape index (κ2) is 5.05. The first-order chi connectivity index (χ1) is 9.25. The third-order valence-corrected chi connectivity index (χ3v) is 3.83. The number of likely N-dealkylation sites (tertiary alicyclic amines) is 1. The molecule has 1 fully saturated rings. The van der Waals surface area contributed by atoms with Crippen LogP contribution in [0.5, 0.6) is 0 Å². The lowest BCUT2D eigenvalue weighted by molar-refractivity contribution is -0.144. The van der Waals surface area contributed by atoms with Gasteiger partial charge in [-0.15, -0.1) is 0 Å². The van der Waals surface area contributed by atoms with E-state index in [4.69, 9.17) is 4.42 Å². The van der Waals surface area contributed by atoms with Gasteiger partial charge in [0.1, 0.15) is 11.6 Å². The van der Waals surface area contributed by atoms with Crippen LogP contribution in [0.2, 0.25) is 0 Å². The summed E-state index contributed by atoms with van der Waals surface area (Å²) in [5.41, 5.74) is 1.94. The number of fused-ring (bicyclic) bond motifs is 1. The largest absolute Gasteiger partial charge is 0.480 e. The van der Waals surface area contributed by atoms with Crippen LogP contribution in [-0.4, -0.2) is 28.6 Å². The van der Waals surface area contributed by atoms with E-state index in [1.807, 2.05) is 29.2 Å². The van der Waals surface area contributed by atoms with Crippen LogP contribution >= 0.6 is 0 Å². The van der Waals surface area contributed by atoms with Gasteiger partial charge in [0.25, 0.3) is 0 Å². The smallest absolute Gasteiger partial charge is 0.320 e. The Labute approximate surface area is 111 Å². The summed E-state index contributed by atoms with van der Waals surface area (Å²) in [6.07, 6.45) is 4.48. The number of furan rings is 1. The summed E-state index contributed by atoms with van der Waals surface area (Å²) in [6, 6.07) is 7.59. The molecule has 0 bridgehead atoms. The van der Waals surface area contributed by atoms with Gasteiger partial charge in [0.2, 0.25) is 0 Å². The van der Waals surface area contributed by atoms with Crippen molar-refractivity contribution in [2.24, 2.45) is 0 Å². The molecule has 1 aromatic heterocycles. The average molecular weight is 259 g/mol. The number of piperidine rings is 1. The zero-order valence-electron chi connectivity index (χ0n) is 10.7. The molecule has 1 atom stereocenters. The van der Waals surface area contributed by atoms with Crippen molar-refractivity contribution in [3.63, 3.8) is 0 Å². The van der Waals surface area contributed by atoms with E-state index < -0.39 is 5.97 Å². The molecule has 4 nitrogen and oxygen atoms in total.